The second kappa shape index (κ2) is 9.66. The van der Waals surface area contributed by atoms with E-state index in [-0.39, 0.29) is 34.5 Å². The number of oxime groups is 1. The number of carbonyl (C=O) groups is 3. The second-order valence-electron chi connectivity index (χ2n) is 7.78. The predicted molar refractivity (Wildman–Crippen MR) is 127 cm³/mol. The van der Waals surface area contributed by atoms with Crippen molar-refractivity contribution in [3.63, 3.8) is 0 Å². The number of β-lactam (4-membered cyclic amide) rings is 1. The Labute approximate surface area is 216 Å². The summed E-state index contributed by atoms with van der Waals surface area (Å²) in [5.74, 6) is -2.15. The molecular formula is C20H19N9O6S2. The van der Waals surface area contributed by atoms with Crippen LogP contribution in [0.5, 0.6) is 5.88 Å². The molecule has 5 heterocycles. The highest BCUT2D eigenvalue weighted by atomic mass is 32.2. The van der Waals surface area contributed by atoms with Gasteiger partial charge in [0.15, 0.2) is 10.8 Å². The Bertz CT molecular complexity index is 1480. The molecule has 17 heteroatoms. The van der Waals surface area contributed by atoms with Crippen LogP contribution < -0.4 is 25.5 Å². The van der Waals surface area contributed by atoms with Crippen LogP contribution in [0.25, 0.3) is 5.65 Å². The molecule has 2 atom stereocenters. The maximum absolute atomic E-state index is 13.0. The lowest BCUT2D eigenvalue weighted by Gasteiger charge is -2.50. The van der Waals surface area contributed by atoms with Crippen molar-refractivity contribution in [3.05, 3.63) is 40.8 Å². The van der Waals surface area contributed by atoms with E-state index in [1.807, 2.05) is 0 Å². The van der Waals surface area contributed by atoms with Gasteiger partial charge in [-0.25, -0.2) is 9.55 Å². The number of anilines is 1. The number of thiazole rings is 1. The summed E-state index contributed by atoms with van der Waals surface area (Å²) in [6.07, 6.45) is 1.50. The maximum atomic E-state index is 13.0. The molecule has 0 radical (unpaired) electrons. The Hall–Kier alpha value is -4.25. The normalized spacial score (nSPS) is 19.5. The van der Waals surface area contributed by atoms with E-state index in [4.69, 9.17) is 15.3 Å². The zero-order valence-corrected chi connectivity index (χ0v) is 21.0. The van der Waals surface area contributed by atoms with Crippen molar-refractivity contribution in [2.24, 2.45) is 5.16 Å². The third-order valence-electron chi connectivity index (χ3n) is 5.63. The van der Waals surface area contributed by atoms with E-state index in [1.54, 1.807) is 16.7 Å². The van der Waals surface area contributed by atoms with Gasteiger partial charge in [-0.05, 0) is 10.7 Å². The zero-order chi connectivity index (χ0) is 26.3. The molecule has 0 aliphatic carbocycles. The van der Waals surface area contributed by atoms with Crippen LogP contribution in [0.2, 0.25) is 0 Å². The van der Waals surface area contributed by atoms with Gasteiger partial charge in [0, 0.05) is 27.9 Å². The van der Waals surface area contributed by atoms with Crippen LogP contribution >= 0.6 is 23.1 Å². The minimum Gasteiger partial charge on any atom is -0.543 e. The standard InChI is InChI=1S/C20H19N9O6S2/c1-34-11-3-4-12-27(8-22-29(12)25-11)5-9-6-36-18-14(17(31)28(18)15(9)19(32)33)24-16(30)13(26-35-2)10-7-37-20(21)23-10/h3-4,7-8,14,18H,5-6H2,1-2H3,(H3-,21,23,24,30,32,33)/b26-13-/t14?,18-/m1/s1. The number of nitrogens with two attached hydrogens (primary N) is 1. The number of carboxylic acids is 1. The van der Waals surface area contributed by atoms with E-state index in [0.29, 0.717) is 17.1 Å². The minimum absolute atomic E-state index is 0.136. The third kappa shape index (κ3) is 4.31. The van der Waals surface area contributed by atoms with Crippen LogP contribution in [0.3, 0.4) is 0 Å². The third-order valence-corrected chi connectivity index (χ3v) is 7.64. The van der Waals surface area contributed by atoms with Crippen LogP contribution in [0.4, 0.5) is 5.13 Å². The van der Waals surface area contributed by atoms with Gasteiger partial charge in [-0.2, -0.15) is 0 Å². The number of ether oxygens (including phenoxy) is 1. The van der Waals surface area contributed by atoms with Gasteiger partial charge in [0.2, 0.25) is 5.88 Å². The quantitative estimate of drug-likeness (QED) is 0.132. The molecule has 1 saturated heterocycles. The summed E-state index contributed by atoms with van der Waals surface area (Å²) in [5.41, 5.74) is 6.49. The summed E-state index contributed by atoms with van der Waals surface area (Å²) in [4.78, 5) is 47.9. The molecule has 37 heavy (non-hydrogen) atoms. The summed E-state index contributed by atoms with van der Waals surface area (Å²) in [6.45, 7) is 0.136. The zero-order valence-electron chi connectivity index (χ0n) is 19.4. The topological polar surface area (TPSA) is 193 Å². The van der Waals surface area contributed by atoms with Crippen molar-refractivity contribution < 1.29 is 33.6 Å². The Morgan fingerprint density at radius 2 is 2.19 bits per heavy atom. The Morgan fingerprint density at radius 1 is 1.38 bits per heavy atom. The van der Waals surface area contributed by atoms with Crippen molar-refractivity contribution >= 4 is 57.4 Å². The number of rotatable bonds is 8. The van der Waals surface area contributed by atoms with Gasteiger partial charge in [0.25, 0.3) is 23.8 Å². The van der Waals surface area contributed by atoms with Gasteiger partial charge in [-0.15, -0.1) is 23.1 Å². The van der Waals surface area contributed by atoms with Gasteiger partial charge in [0.1, 0.15) is 24.2 Å². The van der Waals surface area contributed by atoms with E-state index >= 15 is 0 Å². The number of nitrogens with zero attached hydrogens (tertiary/aromatic N) is 7. The van der Waals surface area contributed by atoms with Gasteiger partial charge >= 0.3 is 0 Å². The number of amides is 2. The molecule has 2 aliphatic heterocycles. The Morgan fingerprint density at radius 3 is 2.86 bits per heavy atom. The van der Waals surface area contributed by atoms with Crippen LogP contribution in [0.15, 0.2) is 40.3 Å². The molecule has 0 spiro atoms. The number of methoxy groups -OCH3 is 1. The van der Waals surface area contributed by atoms with Gasteiger partial charge < -0.3 is 30.5 Å². The first-order valence-electron chi connectivity index (χ1n) is 10.6. The molecule has 3 aromatic heterocycles. The van der Waals surface area contributed by atoms with Crippen molar-refractivity contribution in [1.82, 2.24) is 30.0 Å². The fraction of sp³-hybridized carbons (Fsp3) is 0.300. The van der Waals surface area contributed by atoms with Gasteiger partial charge in [-0.3, -0.25) is 14.5 Å². The Kier molecular flexibility index (Phi) is 6.38. The average Bonchev–Trinajstić information content (AvgIpc) is 3.50. The molecule has 1 unspecified atom stereocenters. The SMILES string of the molecule is CO/N=C(\C(=O)NC1C(=O)N2C(C(=O)[O-])=C(C[n+]3cnn4nc(OC)ccc43)CS[C@H]12)c1csc(N)n1. The number of hydrogen-bond acceptors (Lipinski definition) is 13. The largest absolute Gasteiger partial charge is 0.543 e. The van der Waals surface area contributed by atoms with E-state index in [2.05, 4.69) is 25.7 Å². The number of fused-ring (bicyclic) bond motifs is 2. The Balaban J connectivity index is 1.37. The summed E-state index contributed by atoms with van der Waals surface area (Å²) < 4.78 is 8.14. The maximum Gasteiger partial charge on any atom is 0.290 e. The highest BCUT2D eigenvalue weighted by molar-refractivity contribution is 8.00. The first-order chi connectivity index (χ1) is 17.8. The van der Waals surface area contributed by atoms with Crippen LogP contribution in [0, 0.1) is 0 Å². The molecule has 192 valence electrons. The van der Waals surface area contributed by atoms with E-state index in [0.717, 1.165) is 16.2 Å². The molecule has 0 aromatic carbocycles. The number of carbonyl (C=O) groups excluding carboxylic acids is 3. The number of aromatic nitrogens is 5. The average molecular weight is 546 g/mol. The molecule has 2 aliphatic rings. The van der Waals surface area contributed by atoms with Crippen molar-refractivity contribution in [2.45, 2.75) is 18.0 Å². The molecule has 3 N–H and O–H groups in total. The summed E-state index contributed by atoms with van der Waals surface area (Å²) in [7, 11) is 2.75. The van der Waals surface area contributed by atoms with Gasteiger partial charge in [-0.1, -0.05) is 5.16 Å². The van der Waals surface area contributed by atoms with E-state index < -0.39 is 29.2 Å². The molecule has 1 fully saturated rings. The van der Waals surface area contributed by atoms with Crippen LogP contribution in [0.1, 0.15) is 5.69 Å². The second-order valence-corrected chi connectivity index (χ2v) is 9.77. The lowest BCUT2D eigenvalue weighted by atomic mass is 10.0. The van der Waals surface area contributed by atoms with Crippen molar-refractivity contribution in [3.8, 4) is 5.88 Å². The first kappa shape index (κ1) is 24.4. The molecule has 3 aromatic rings. The van der Waals surface area contributed by atoms with Crippen LogP contribution in [-0.4, -0.2) is 79.6 Å². The molecule has 15 nitrogen and oxygen atoms in total. The molecule has 0 bridgehead atoms. The van der Waals surface area contributed by atoms with Crippen molar-refractivity contribution in [2.75, 3.05) is 25.7 Å². The lowest BCUT2D eigenvalue weighted by molar-refractivity contribution is -0.664. The predicted octanol–water partition coefficient (Wildman–Crippen LogP) is -2.48. The molecule has 5 rings (SSSR count). The number of thioether (sulfide) groups is 1. The minimum atomic E-state index is -1.49. The highest BCUT2D eigenvalue weighted by Gasteiger charge is 2.53. The summed E-state index contributed by atoms with van der Waals surface area (Å²) in [5, 5.41) is 27.9. The van der Waals surface area contributed by atoms with Crippen molar-refractivity contribution in [1.29, 1.82) is 0 Å². The number of nitrogens with one attached hydrogen (secondary N) is 1. The molecule has 0 saturated carbocycles. The van der Waals surface area contributed by atoms with E-state index in [1.165, 1.54) is 42.3 Å². The fourth-order valence-corrected chi connectivity index (χ4v) is 5.87. The van der Waals surface area contributed by atoms with E-state index in [9.17, 15) is 19.5 Å². The summed E-state index contributed by atoms with van der Waals surface area (Å²) in [6, 6.07) is 2.40. The summed E-state index contributed by atoms with van der Waals surface area (Å²) >= 11 is 2.43. The number of nitrogen functional groups attached to an aromatic ring is 1. The molecule has 2 amide bonds. The number of aliphatic carboxylic acids is 1. The van der Waals surface area contributed by atoms with Gasteiger partial charge in [0.05, 0.1) is 30.4 Å². The highest BCUT2D eigenvalue weighted by Crippen LogP contribution is 2.40. The number of carboxylic acid groups (broad SMARTS) is 1. The fourth-order valence-electron chi connectivity index (χ4n) is 3.99. The smallest absolute Gasteiger partial charge is 0.290 e. The monoisotopic (exact) mass is 545 g/mol. The lowest BCUT2D eigenvalue weighted by Crippen LogP contribution is -2.71. The van der Waals surface area contributed by atoms with Crippen LogP contribution in [-0.2, 0) is 25.8 Å². The molecular weight excluding hydrogens is 526 g/mol. The first-order valence-corrected chi connectivity index (χ1v) is 12.5. The number of hydrogen-bond donors (Lipinski definition) is 2.